The molecule has 0 aliphatic carbocycles. The molecule has 0 bridgehead atoms. The number of methoxy groups -OCH3 is 1. The Kier molecular flexibility index (Phi) is 6.81. The number of amides is 1. The number of ketones is 1. The fourth-order valence-electron chi connectivity index (χ4n) is 7.42. The number of hydroxylamine groups is 2. The summed E-state index contributed by atoms with van der Waals surface area (Å²) in [6, 6.07) is 32.3. The average molecular weight is 672 g/mol. The van der Waals surface area contributed by atoms with Crippen LogP contribution in [0.4, 0.5) is 5.69 Å². The molecule has 0 N–H and O–H groups in total. The Morgan fingerprint density at radius 2 is 1.64 bits per heavy atom. The van der Waals surface area contributed by atoms with E-state index in [0.29, 0.717) is 16.3 Å². The predicted molar refractivity (Wildman–Crippen MR) is 168 cm³/mol. The second-order valence-electron chi connectivity index (χ2n) is 11.6. The molecular weight excluding hydrogens is 643 g/mol. The summed E-state index contributed by atoms with van der Waals surface area (Å²) >= 11 is 6.44. The Morgan fingerprint density at radius 3 is 2.39 bits per heavy atom. The molecule has 4 aliphatic heterocycles. The van der Waals surface area contributed by atoms with E-state index in [-0.39, 0.29) is 57.3 Å². The molecule has 7 nitrogen and oxygen atoms in total. The number of fused-ring (bicyclic) bond motifs is 4. The molecule has 222 valence electrons. The van der Waals surface area contributed by atoms with Gasteiger partial charge in [-0.15, -0.1) is 0 Å². The van der Waals surface area contributed by atoms with Gasteiger partial charge in [-0.3, -0.25) is 0 Å². The van der Waals surface area contributed by atoms with Crippen LogP contribution in [0.15, 0.2) is 103 Å². The summed E-state index contributed by atoms with van der Waals surface area (Å²) in [5.41, 5.74) is 0.955. The first-order valence-corrected chi connectivity index (χ1v) is 17.1. The molecule has 3 saturated heterocycles. The number of benzene rings is 4. The van der Waals surface area contributed by atoms with Crippen molar-refractivity contribution < 1.29 is 23.9 Å². The fourth-order valence-corrected chi connectivity index (χ4v) is 9.79. The SMILES string of the molecule is COc1ccc(N2C(=O)[C@H]3[C@@H]2[C@H]2[C@H](c4ccc(Cl)cc4)[C@]4(COc5ccccc5C4=O)ON2[C@@H]3C[Se]c2ccccc2)cc1. The van der Waals surface area contributed by atoms with Crippen LogP contribution in [0.1, 0.15) is 21.8 Å². The third-order valence-corrected chi connectivity index (χ3v) is 12.0. The van der Waals surface area contributed by atoms with E-state index in [1.54, 1.807) is 13.2 Å². The van der Waals surface area contributed by atoms with Crippen LogP contribution in [0.2, 0.25) is 10.3 Å². The number of anilines is 1. The molecule has 4 aromatic rings. The zero-order valence-electron chi connectivity index (χ0n) is 23.8. The van der Waals surface area contributed by atoms with Crippen molar-refractivity contribution in [2.75, 3.05) is 18.6 Å². The van der Waals surface area contributed by atoms with Gasteiger partial charge in [0.25, 0.3) is 0 Å². The summed E-state index contributed by atoms with van der Waals surface area (Å²) in [6.45, 7) is 0.0769. The molecular formula is C35H29ClN2O5Se. The van der Waals surface area contributed by atoms with Gasteiger partial charge in [-0.05, 0) is 0 Å². The van der Waals surface area contributed by atoms with E-state index in [1.807, 2.05) is 94.9 Å². The number of hydrogen-bond donors (Lipinski definition) is 0. The van der Waals surface area contributed by atoms with Crippen LogP contribution in [0, 0.1) is 5.92 Å². The van der Waals surface area contributed by atoms with Gasteiger partial charge in [-0.25, -0.2) is 0 Å². The molecule has 1 spiro atoms. The monoisotopic (exact) mass is 672 g/mol. The number of Topliss-reactive ketones (excluding diaryl/α,β-unsaturated/α-hetero) is 1. The summed E-state index contributed by atoms with van der Waals surface area (Å²) in [5.74, 6) is 0.601. The van der Waals surface area contributed by atoms with Gasteiger partial charge in [0.1, 0.15) is 0 Å². The van der Waals surface area contributed by atoms with Gasteiger partial charge in [0.2, 0.25) is 0 Å². The zero-order chi connectivity index (χ0) is 30.0. The minimum atomic E-state index is -1.29. The van der Waals surface area contributed by atoms with Crippen molar-refractivity contribution >= 4 is 48.4 Å². The molecule has 4 aliphatic rings. The van der Waals surface area contributed by atoms with Gasteiger partial charge in [0.15, 0.2) is 0 Å². The molecule has 9 heteroatoms. The number of carbonyl (C=O) groups is 2. The number of carbonyl (C=O) groups excluding carboxylic acids is 2. The van der Waals surface area contributed by atoms with Crippen molar-refractivity contribution in [2.24, 2.45) is 5.92 Å². The van der Waals surface area contributed by atoms with E-state index in [4.69, 9.17) is 25.9 Å². The quantitative estimate of drug-likeness (QED) is 0.214. The molecule has 1 amide bonds. The Balaban J connectivity index is 1.25. The van der Waals surface area contributed by atoms with Gasteiger partial charge in [0.05, 0.1) is 0 Å². The third kappa shape index (κ3) is 4.16. The number of β-lactam (4-membered cyclic amide) rings is 1. The van der Waals surface area contributed by atoms with Crippen LogP contribution in [-0.4, -0.2) is 69.2 Å². The number of para-hydroxylation sites is 1. The number of halogens is 1. The van der Waals surface area contributed by atoms with E-state index in [9.17, 15) is 9.59 Å². The Hall–Kier alpha value is -3.65. The van der Waals surface area contributed by atoms with Crippen LogP contribution in [0.25, 0.3) is 0 Å². The molecule has 44 heavy (non-hydrogen) atoms. The van der Waals surface area contributed by atoms with E-state index in [2.05, 4.69) is 12.1 Å². The molecule has 0 saturated carbocycles. The standard InChI is InChI=1S/C35H29ClN2O5Se/c1-41-24-17-15-23(16-18-24)37-31-29(34(37)40)27(19-44-25-7-3-2-4-8-25)38-32(31)30(21-11-13-22(36)14-12-21)35(43-38)20-42-28-10-6-5-9-26(28)33(35)39/h2-18,27,29-32H,19-20H2,1H3/t27-,29-,30+,31-,32-,35+/m1/s1. The second kappa shape index (κ2) is 10.8. The molecule has 0 radical (unpaired) electrons. The summed E-state index contributed by atoms with van der Waals surface area (Å²) in [4.78, 5) is 37.5. The van der Waals surface area contributed by atoms with E-state index in [1.165, 1.54) is 4.46 Å². The van der Waals surface area contributed by atoms with Gasteiger partial charge >= 0.3 is 268 Å². The fraction of sp³-hybridized carbons (Fsp3) is 0.257. The Bertz CT molecular complexity index is 1740. The van der Waals surface area contributed by atoms with Crippen molar-refractivity contribution in [1.82, 2.24) is 5.06 Å². The van der Waals surface area contributed by atoms with Crippen LogP contribution >= 0.6 is 11.6 Å². The predicted octanol–water partition coefficient (Wildman–Crippen LogP) is 4.92. The number of hydrogen-bond acceptors (Lipinski definition) is 6. The van der Waals surface area contributed by atoms with Crippen LogP contribution in [-0.2, 0) is 9.63 Å². The van der Waals surface area contributed by atoms with Gasteiger partial charge in [0, 0.05) is 0 Å². The normalized spacial score (nSPS) is 28.7. The third-order valence-electron chi connectivity index (χ3n) is 9.39. The molecule has 3 fully saturated rings. The molecule has 4 aromatic carbocycles. The first-order valence-electron chi connectivity index (χ1n) is 14.6. The summed E-state index contributed by atoms with van der Waals surface area (Å²) in [7, 11) is 1.63. The summed E-state index contributed by atoms with van der Waals surface area (Å²) in [6.07, 6.45) is 0. The van der Waals surface area contributed by atoms with Crippen LogP contribution < -0.4 is 18.8 Å². The number of rotatable bonds is 6. The Morgan fingerprint density at radius 1 is 0.909 bits per heavy atom. The van der Waals surface area contributed by atoms with E-state index < -0.39 is 11.5 Å². The first-order chi connectivity index (χ1) is 21.5. The van der Waals surface area contributed by atoms with Crippen molar-refractivity contribution in [3.8, 4) is 11.5 Å². The van der Waals surface area contributed by atoms with Crippen LogP contribution in [0.5, 0.6) is 11.5 Å². The van der Waals surface area contributed by atoms with Crippen molar-refractivity contribution in [2.45, 2.75) is 35.0 Å². The maximum atomic E-state index is 14.6. The molecule has 0 aromatic heterocycles. The summed E-state index contributed by atoms with van der Waals surface area (Å²) in [5, 5.41) is 3.39. The maximum absolute atomic E-state index is 14.6. The van der Waals surface area contributed by atoms with Crippen LogP contribution in [0.3, 0.4) is 0 Å². The molecule has 0 unspecified atom stereocenters. The number of ether oxygens (including phenoxy) is 2. The zero-order valence-corrected chi connectivity index (χ0v) is 26.3. The molecule has 8 rings (SSSR count). The topological polar surface area (TPSA) is 68.3 Å². The van der Waals surface area contributed by atoms with Crippen molar-refractivity contribution in [3.63, 3.8) is 0 Å². The van der Waals surface area contributed by atoms with E-state index >= 15 is 0 Å². The van der Waals surface area contributed by atoms with Gasteiger partial charge in [-0.1, -0.05) is 0 Å². The van der Waals surface area contributed by atoms with Gasteiger partial charge < -0.3 is 0 Å². The summed E-state index contributed by atoms with van der Waals surface area (Å²) < 4.78 is 12.9. The van der Waals surface area contributed by atoms with Gasteiger partial charge in [-0.2, -0.15) is 0 Å². The first kappa shape index (κ1) is 27.9. The second-order valence-corrected chi connectivity index (χ2v) is 14.3. The molecule has 4 heterocycles. The van der Waals surface area contributed by atoms with Crippen molar-refractivity contribution in [3.05, 3.63) is 119 Å². The number of nitrogens with zero attached hydrogens (tertiary/aromatic N) is 2. The molecule has 6 atom stereocenters. The van der Waals surface area contributed by atoms with E-state index in [0.717, 1.165) is 22.3 Å². The average Bonchev–Trinajstić information content (AvgIpc) is 3.52. The Labute approximate surface area is 266 Å². The van der Waals surface area contributed by atoms with Crippen molar-refractivity contribution in [1.29, 1.82) is 0 Å². The minimum absolute atomic E-state index is 0.0764.